The molecule has 126 valence electrons. The Balaban J connectivity index is 1.95. The van der Waals surface area contributed by atoms with Crippen LogP contribution in [-0.2, 0) is 6.54 Å². The van der Waals surface area contributed by atoms with Crippen LogP contribution in [0, 0.1) is 0 Å². The Bertz CT molecular complexity index is 800. The van der Waals surface area contributed by atoms with Gasteiger partial charge >= 0.3 is 0 Å². The van der Waals surface area contributed by atoms with E-state index < -0.39 is 0 Å². The van der Waals surface area contributed by atoms with Crippen molar-refractivity contribution in [1.82, 2.24) is 19.6 Å². The van der Waals surface area contributed by atoms with Crippen LogP contribution in [0.1, 0.15) is 50.3 Å². The third-order valence-electron chi connectivity index (χ3n) is 4.19. The third kappa shape index (κ3) is 3.59. The summed E-state index contributed by atoms with van der Waals surface area (Å²) < 4.78 is 2.77. The molecule has 3 rings (SSSR count). The standard InChI is InChI=1S/C18H22BrN5/c1-3-6-14(4-2)16-9-17(21-11-13-7-5-8-20-10-13)24-18(23-16)15(19)12-22-24/h5,7-10,12,14,21H,3-4,6,11H2,1-2H3. The molecular formula is C18H22BrN5. The molecule has 0 aliphatic heterocycles. The highest BCUT2D eigenvalue weighted by Gasteiger charge is 2.15. The molecular weight excluding hydrogens is 366 g/mol. The number of hydrogen-bond acceptors (Lipinski definition) is 4. The van der Waals surface area contributed by atoms with E-state index >= 15 is 0 Å². The van der Waals surface area contributed by atoms with Crippen LogP contribution in [0.5, 0.6) is 0 Å². The number of nitrogens with zero attached hydrogens (tertiary/aromatic N) is 4. The molecule has 24 heavy (non-hydrogen) atoms. The van der Waals surface area contributed by atoms with Gasteiger partial charge in [-0.1, -0.05) is 26.3 Å². The van der Waals surface area contributed by atoms with Crippen LogP contribution in [-0.4, -0.2) is 19.6 Å². The number of rotatable bonds is 7. The van der Waals surface area contributed by atoms with E-state index in [1.54, 1.807) is 12.4 Å². The monoisotopic (exact) mass is 387 g/mol. The van der Waals surface area contributed by atoms with Gasteiger partial charge in [0.25, 0.3) is 0 Å². The first-order chi connectivity index (χ1) is 11.7. The van der Waals surface area contributed by atoms with E-state index in [2.05, 4.69) is 57.3 Å². The van der Waals surface area contributed by atoms with Crippen LogP contribution in [0.15, 0.2) is 41.3 Å². The van der Waals surface area contributed by atoms with Crippen LogP contribution >= 0.6 is 15.9 Å². The van der Waals surface area contributed by atoms with Gasteiger partial charge in [0.2, 0.25) is 0 Å². The molecule has 1 unspecified atom stereocenters. The minimum absolute atomic E-state index is 0.473. The van der Waals surface area contributed by atoms with Crippen molar-refractivity contribution < 1.29 is 0 Å². The SMILES string of the molecule is CCCC(CC)c1cc(NCc2cccnc2)n2ncc(Br)c2n1. The molecule has 0 fully saturated rings. The maximum absolute atomic E-state index is 4.84. The van der Waals surface area contributed by atoms with Crippen LogP contribution < -0.4 is 5.32 Å². The Morgan fingerprint density at radius 2 is 2.17 bits per heavy atom. The average Bonchev–Trinajstić information content (AvgIpc) is 2.99. The quantitative estimate of drug-likeness (QED) is 0.632. The molecule has 0 spiro atoms. The van der Waals surface area contributed by atoms with E-state index in [0.717, 1.165) is 46.5 Å². The van der Waals surface area contributed by atoms with Gasteiger partial charge < -0.3 is 5.32 Å². The molecule has 0 aliphatic carbocycles. The van der Waals surface area contributed by atoms with Gasteiger partial charge in [-0.25, -0.2) is 4.98 Å². The Morgan fingerprint density at radius 1 is 1.29 bits per heavy atom. The summed E-state index contributed by atoms with van der Waals surface area (Å²) in [5.74, 6) is 1.43. The van der Waals surface area contributed by atoms with Crippen LogP contribution in [0.25, 0.3) is 5.65 Å². The summed E-state index contributed by atoms with van der Waals surface area (Å²) in [5.41, 5.74) is 3.12. The predicted octanol–water partition coefficient (Wildman–Crippen LogP) is 4.79. The molecule has 0 saturated heterocycles. The van der Waals surface area contributed by atoms with Crippen molar-refractivity contribution in [2.45, 2.75) is 45.6 Å². The van der Waals surface area contributed by atoms with E-state index in [0.29, 0.717) is 12.5 Å². The van der Waals surface area contributed by atoms with E-state index in [4.69, 9.17) is 4.98 Å². The molecule has 0 aromatic carbocycles. The lowest BCUT2D eigenvalue weighted by atomic mass is 9.96. The molecule has 0 saturated carbocycles. The number of aromatic nitrogens is 4. The van der Waals surface area contributed by atoms with Crippen molar-refractivity contribution in [2.24, 2.45) is 0 Å². The molecule has 0 bridgehead atoms. The molecule has 3 heterocycles. The maximum atomic E-state index is 4.84. The second kappa shape index (κ2) is 7.75. The zero-order valence-electron chi connectivity index (χ0n) is 14.0. The topological polar surface area (TPSA) is 55.1 Å². The Kier molecular flexibility index (Phi) is 5.45. The summed E-state index contributed by atoms with van der Waals surface area (Å²) in [7, 11) is 0. The lowest BCUT2D eigenvalue weighted by Gasteiger charge is -2.16. The van der Waals surface area contributed by atoms with E-state index in [9.17, 15) is 0 Å². The molecule has 6 heteroatoms. The lowest BCUT2D eigenvalue weighted by Crippen LogP contribution is -2.09. The first-order valence-electron chi connectivity index (χ1n) is 8.39. The Hall–Kier alpha value is -1.95. The summed E-state index contributed by atoms with van der Waals surface area (Å²) in [5, 5.41) is 7.91. The predicted molar refractivity (Wildman–Crippen MR) is 100 cm³/mol. The Labute approximate surface area is 150 Å². The highest BCUT2D eigenvalue weighted by molar-refractivity contribution is 9.10. The van der Waals surface area contributed by atoms with Crippen molar-refractivity contribution in [3.8, 4) is 0 Å². The fourth-order valence-electron chi connectivity index (χ4n) is 2.89. The molecule has 3 aromatic heterocycles. The zero-order valence-corrected chi connectivity index (χ0v) is 15.6. The van der Waals surface area contributed by atoms with Gasteiger partial charge in [-0.3, -0.25) is 4.98 Å². The molecule has 1 N–H and O–H groups in total. The van der Waals surface area contributed by atoms with Crippen LogP contribution in [0.3, 0.4) is 0 Å². The van der Waals surface area contributed by atoms with Gasteiger partial charge in [0, 0.05) is 36.6 Å². The first kappa shape index (κ1) is 16.9. The number of anilines is 1. The van der Waals surface area contributed by atoms with Crippen LogP contribution in [0.2, 0.25) is 0 Å². The fourth-order valence-corrected chi connectivity index (χ4v) is 3.24. The molecule has 3 aromatic rings. The maximum Gasteiger partial charge on any atom is 0.171 e. The van der Waals surface area contributed by atoms with Crippen molar-refractivity contribution in [1.29, 1.82) is 0 Å². The number of hydrogen-bond donors (Lipinski definition) is 1. The Morgan fingerprint density at radius 3 is 2.88 bits per heavy atom. The number of fused-ring (bicyclic) bond motifs is 1. The van der Waals surface area contributed by atoms with Gasteiger partial charge in [-0.05, 0) is 40.4 Å². The summed E-state index contributed by atoms with van der Waals surface area (Å²) in [6, 6.07) is 6.14. The van der Waals surface area contributed by atoms with Crippen molar-refractivity contribution in [3.05, 3.63) is 52.5 Å². The smallest absolute Gasteiger partial charge is 0.171 e. The number of pyridine rings is 1. The summed E-state index contributed by atoms with van der Waals surface area (Å²) in [6.45, 7) is 5.15. The van der Waals surface area contributed by atoms with Crippen molar-refractivity contribution in [3.63, 3.8) is 0 Å². The minimum Gasteiger partial charge on any atom is -0.366 e. The molecule has 5 nitrogen and oxygen atoms in total. The van der Waals surface area contributed by atoms with E-state index in [-0.39, 0.29) is 0 Å². The van der Waals surface area contributed by atoms with Crippen molar-refractivity contribution in [2.75, 3.05) is 5.32 Å². The summed E-state index contributed by atoms with van der Waals surface area (Å²) in [6.07, 6.45) is 8.84. The van der Waals surface area contributed by atoms with Gasteiger partial charge in [-0.2, -0.15) is 9.61 Å². The van der Waals surface area contributed by atoms with Gasteiger partial charge in [-0.15, -0.1) is 0 Å². The van der Waals surface area contributed by atoms with Gasteiger partial charge in [0.15, 0.2) is 5.65 Å². The number of nitrogens with one attached hydrogen (secondary N) is 1. The second-order valence-electron chi connectivity index (χ2n) is 5.90. The summed E-state index contributed by atoms with van der Waals surface area (Å²) in [4.78, 5) is 9.01. The van der Waals surface area contributed by atoms with E-state index in [1.807, 2.05) is 16.8 Å². The highest BCUT2D eigenvalue weighted by Crippen LogP contribution is 2.28. The lowest BCUT2D eigenvalue weighted by molar-refractivity contribution is 0.581. The third-order valence-corrected chi connectivity index (χ3v) is 4.75. The first-order valence-corrected chi connectivity index (χ1v) is 9.19. The largest absolute Gasteiger partial charge is 0.366 e. The van der Waals surface area contributed by atoms with Gasteiger partial charge in [0.05, 0.1) is 10.7 Å². The second-order valence-corrected chi connectivity index (χ2v) is 6.76. The minimum atomic E-state index is 0.473. The average molecular weight is 388 g/mol. The molecule has 1 atom stereocenters. The van der Waals surface area contributed by atoms with Crippen LogP contribution in [0.4, 0.5) is 5.82 Å². The number of halogens is 1. The van der Waals surface area contributed by atoms with Crippen molar-refractivity contribution >= 4 is 27.4 Å². The van der Waals surface area contributed by atoms with E-state index in [1.165, 1.54) is 0 Å². The fraction of sp³-hybridized carbons (Fsp3) is 0.389. The summed E-state index contributed by atoms with van der Waals surface area (Å²) >= 11 is 3.56. The van der Waals surface area contributed by atoms with Gasteiger partial charge in [0.1, 0.15) is 5.82 Å². The molecule has 0 aliphatic rings. The highest BCUT2D eigenvalue weighted by atomic mass is 79.9. The normalized spacial score (nSPS) is 12.5. The molecule has 0 amide bonds. The zero-order chi connectivity index (χ0) is 16.9. The molecule has 0 radical (unpaired) electrons.